The highest BCUT2D eigenvalue weighted by Crippen LogP contribution is 2.35. The first-order valence-corrected chi connectivity index (χ1v) is 9.90. The van der Waals surface area contributed by atoms with Crippen molar-refractivity contribution in [1.82, 2.24) is 0 Å². The molecule has 2 aliphatic rings. The number of ether oxygens (including phenoxy) is 1. The minimum absolute atomic E-state index is 0.0181. The van der Waals surface area contributed by atoms with Gasteiger partial charge in [-0.15, -0.1) is 0 Å². The number of rotatable bonds is 6. The number of carbonyl (C=O) groups excluding carboxylic acids is 2. The lowest BCUT2D eigenvalue weighted by molar-refractivity contribution is -0.121. The molecule has 1 aliphatic heterocycles. The van der Waals surface area contributed by atoms with Gasteiger partial charge in [-0.05, 0) is 30.4 Å². The van der Waals surface area contributed by atoms with Gasteiger partial charge in [-0.2, -0.15) is 0 Å². The van der Waals surface area contributed by atoms with Crippen LogP contribution in [0.25, 0.3) is 0 Å². The van der Waals surface area contributed by atoms with Gasteiger partial charge in [0.25, 0.3) is 5.91 Å². The van der Waals surface area contributed by atoms with E-state index < -0.39 is 0 Å². The number of hydrogen-bond acceptors (Lipinski definition) is 3. The Morgan fingerprint density at radius 1 is 1.27 bits per heavy atom. The molecular formula is C21H30N2O3. The van der Waals surface area contributed by atoms with E-state index in [2.05, 4.69) is 19.2 Å². The molecule has 1 heterocycles. The number of benzene rings is 1. The molecule has 0 spiro atoms. The minimum Gasteiger partial charge on any atom is -0.481 e. The quantitative estimate of drug-likeness (QED) is 0.821. The summed E-state index contributed by atoms with van der Waals surface area (Å²) in [6.45, 7) is 4.90. The summed E-state index contributed by atoms with van der Waals surface area (Å²) in [6, 6.07) is 5.55. The second kappa shape index (κ2) is 8.56. The standard InChI is InChI=1S/C21H30N2O3/c1-15(2)13-23-18-10-9-17(12-19(18)26-14-21(23)25)22-20(24)11-8-16-6-4-3-5-7-16/h9-10,12,15-16H,3-8,11,13-14H2,1-2H3,(H,22,24). The zero-order valence-electron chi connectivity index (χ0n) is 15.9. The molecule has 0 unspecified atom stereocenters. The highest BCUT2D eigenvalue weighted by Gasteiger charge is 2.26. The second-order valence-electron chi connectivity index (χ2n) is 7.96. The number of hydrogen-bond donors (Lipinski definition) is 1. The van der Waals surface area contributed by atoms with E-state index in [1.54, 1.807) is 4.90 Å². The van der Waals surface area contributed by atoms with Crippen molar-refractivity contribution in [2.45, 2.75) is 58.8 Å². The molecule has 26 heavy (non-hydrogen) atoms. The van der Waals surface area contributed by atoms with Crippen molar-refractivity contribution in [2.24, 2.45) is 11.8 Å². The smallest absolute Gasteiger partial charge is 0.265 e. The van der Waals surface area contributed by atoms with E-state index in [4.69, 9.17) is 4.74 Å². The van der Waals surface area contributed by atoms with Gasteiger partial charge in [0.05, 0.1) is 5.69 Å². The number of amides is 2. The fraction of sp³-hybridized carbons (Fsp3) is 0.619. The molecule has 142 valence electrons. The van der Waals surface area contributed by atoms with E-state index in [-0.39, 0.29) is 18.4 Å². The number of nitrogens with zero attached hydrogens (tertiary/aromatic N) is 1. The van der Waals surface area contributed by atoms with Crippen LogP contribution in [0, 0.1) is 11.8 Å². The molecule has 0 bridgehead atoms. The predicted molar refractivity (Wildman–Crippen MR) is 104 cm³/mol. The average molecular weight is 358 g/mol. The molecule has 1 fully saturated rings. The molecule has 0 radical (unpaired) electrons. The second-order valence-corrected chi connectivity index (χ2v) is 7.96. The first kappa shape index (κ1) is 18.7. The normalized spacial score (nSPS) is 17.8. The third kappa shape index (κ3) is 4.77. The maximum atomic E-state index is 12.3. The maximum absolute atomic E-state index is 12.3. The van der Waals surface area contributed by atoms with Gasteiger partial charge < -0.3 is 15.0 Å². The van der Waals surface area contributed by atoms with E-state index in [1.807, 2.05) is 18.2 Å². The van der Waals surface area contributed by atoms with Gasteiger partial charge in [-0.25, -0.2) is 0 Å². The van der Waals surface area contributed by atoms with Gasteiger partial charge in [-0.3, -0.25) is 9.59 Å². The van der Waals surface area contributed by atoms with Crippen molar-refractivity contribution in [2.75, 3.05) is 23.4 Å². The lowest BCUT2D eigenvalue weighted by Gasteiger charge is -2.31. The summed E-state index contributed by atoms with van der Waals surface area (Å²) in [7, 11) is 0. The van der Waals surface area contributed by atoms with Crippen LogP contribution in [0.3, 0.4) is 0 Å². The van der Waals surface area contributed by atoms with Crippen LogP contribution in [0.5, 0.6) is 5.75 Å². The Kier molecular flexibility index (Phi) is 6.17. The summed E-state index contributed by atoms with van der Waals surface area (Å²) < 4.78 is 5.58. The zero-order chi connectivity index (χ0) is 18.5. The Labute approximate surface area is 156 Å². The van der Waals surface area contributed by atoms with Crippen LogP contribution in [0.15, 0.2) is 18.2 Å². The number of nitrogens with one attached hydrogen (secondary N) is 1. The summed E-state index contributed by atoms with van der Waals surface area (Å²) >= 11 is 0. The van der Waals surface area contributed by atoms with Crippen LogP contribution in [0.2, 0.25) is 0 Å². The van der Waals surface area contributed by atoms with Crippen LogP contribution < -0.4 is 15.0 Å². The molecule has 0 aromatic heterocycles. The highest BCUT2D eigenvalue weighted by molar-refractivity contribution is 5.99. The first-order chi connectivity index (χ1) is 12.5. The van der Waals surface area contributed by atoms with Gasteiger partial charge >= 0.3 is 0 Å². The van der Waals surface area contributed by atoms with Crippen LogP contribution in [0.4, 0.5) is 11.4 Å². The minimum atomic E-state index is -0.0181. The maximum Gasteiger partial charge on any atom is 0.265 e. The molecule has 0 saturated heterocycles. The highest BCUT2D eigenvalue weighted by atomic mass is 16.5. The lowest BCUT2D eigenvalue weighted by Crippen LogP contribution is -2.40. The summed E-state index contributed by atoms with van der Waals surface area (Å²) in [5.41, 5.74) is 1.52. The summed E-state index contributed by atoms with van der Waals surface area (Å²) in [5, 5.41) is 2.98. The van der Waals surface area contributed by atoms with Crippen molar-refractivity contribution in [3.05, 3.63) is 18.2 Å². The molecule has 1 saturated carbocycles. The Morgan fingerprint density at radius 3 is 2.77 bits per heavy atom. The average Bonchev–Trinajstić information content (AvgIpc) is 2.63. The summed E-state index contributed by atoms with van der Waals surface area (Å²) in [5.74, 6) is 1.79. The van der Waals surface area contributed by atoms with Gasteiger partial charge in [0.1, 0.15) is 5.75 Å². The monoisotopic (exact) mass is 358 g/mol. The summed E-state index contributed by atoms with van der Waals surface area (Å²) in [6.07, 6.45) is 8.03. The van der Waals surface area contributed by atoms with Crippen molar-refractivity contribution in [1.29, 1.82) is 0 Å². The topological polar surface area (TPSA) is 58.6 Å². The molecule has 1 N–H and O–H groups in total. The SMILES string of the molecule is CC(C)CN1C(=O)COc2cc(NC(=O)CCC3CCCCC3)ccc21. The molecule has 2 amide bonds. The molecule has 3 rings (SSSR count). The zero-order valence-corrected chi connectivity index (χ0v) is 15.9. The number of fused-ring (bicyclic) bond motifs is 1. The Hall–Kier alpha value is -2.04. The van der Waals surface area contributed by atoms with E-state index >= 15 is 0 Å². The van der Waals surface area contributed by atoms with E-state index in [0.29, 0.717) is 30.6 Å². The van der Waals surface area contributed by atoms with Crippen molar-refractivity contribution >= 4 is 23.2 Å². The van der Waals surface area contributed by atoms with Crippen LogP contribution >= 0.6 is 0 Å². The largest absolute Gasteiger partial charge is 0.481 e. The molecule has 0 atom stereocenters. The first-order valence-electron chi connectivity index (χ1n) is 9.90. The van der Waals surface area contributed by atoms with Crippen molar-refractivity contribution in [3.63, 3.8) is 0 Å². The van der Waals surface area contributed by atoms with Gasteiger partial charge in [0, 0.05) is 24.7 Å². The Morgan fingerprint density at radius 2 is 2.04 bits per heavy atom. The Balaban J connectivity index is 1.59. The van der Waals surface area contributed by atoms with Gasteiger partial charge in [-0.1, -0.05) is 46.0 Å². The fourth-order valence-electron chi connectivity index (χ4n) is 3.88. The van der Waals surface area contributed by atoms with Gasteiger partial charge in [0.2, 0.25) is 5.91 Å². The lowest BCUT2D eigenvalue weighted by atomic mass is 9.86. The summed E-state index contributed by atoms with van der Waals surface area (Å²) in [4.78, 5) is 26.2. The van der Waals surface area contributed by atoms with Gasteiger partial charge in [0.15, 0.2) is 6.61 Å². The number of carbonyl (C=O) groups is 2. The third-order valence-electron chi connectivity index (χ3n) is 5.24. The molecule has 1 aromatic carbocycles. The molecule has 1 aromatic rings. The van der Waals surface area contributed by atoms with Crippen molar-refractivity contribution in [3.8, 4) is 5.75 Å². The number of anilines is 2. The van der Waals surface area contributed by atoms with E-state index in [1.165, 1.54) is 32.1 Å². The molecular weight excluding hydrogens is 328 g/mol. The molecule has 5 nitrogen and oxygen atoms in total. The van der Waals surface area contributed by atoms with E-state index in [9.17, 15) is 9.59 Å². The van der Waals surface area contributed by atoms with Crippen LogP contribution in [-0.2, 0) is 9.59 Å². The van der Waals surface area contributed by atoms with Crippen molar-refractivity contribution < 1.29 is 14.3 Å². The van der Waals surface area contributed by atoms with Crippen LogP contribution in [-0.4, -0.2) is 25.0 Å². The Bertz CT molecular complexity index is 651. The van der Waals surface area contributed by atoms with Crippen LogP contribution in [0.1, 0.15) is 58.8 Å². The fourth-order valence-corrected chi connectivity index (χ4v) is 3.88. The predicted octanol–water partition coefficient (Wildman–Crippen LogP) is 4.37. The third-order valence-corrected chi connectivity index (χ3v) is 5.24. The molecule has 1 aliphatic carbocycles. The molecule has 5 heteroatoms. The van der Waals surface area contributed by atoms with E-state index in [0.717, 1.165) is 17.8 Å².